The molecule has 1 aliphatic heterocycles. The van der Waals surface area contributed by atoms with Crippen molar-refractivity contribution in [3.05, 3.63) is 47.0 Å². The van der Waals surface area contributed by atoms with Crippen molar-refractivity contribution in [1.29, 1.82) is 0 Å². The van der Waals surface area contributed by atoms with Gasteiger partial charge in [0.1, 0.15) is 0 Å². The summed E-state index contributed by atoms with van der Waals surface area (Å²) >= 11 is 0. The number of pyridine rings is 1. The van der Waals surface area contributed by atoms with Gasteiger partial charge in [-0.25, -0.2) is 0 Å². The van der Waals surface area contributed by atoms with Crippen molar-refractivity contribution in [3.63, 3.8) is 0 Å². The third kappa shape index (κ3) is 4.69. The standard InChI is InChI=1S/C20H31N5O/c1-16(2)25-20-14-24(13-17-7-5-6-9-21-17)10-8-18(20)19(22-25)15-26-12-11-23(3)4/h5-7,9,16H,8,10-15H2,1-4H3. The van der Waals surface area contributed by atoms with Gasteiger partial charge in [0.2, 0.25) is 0 Å². The molecule has 0 atom stereocenters. The minimum Gasteiger partial charge on any atom is -0.374 e. The molecule has 0 amide bonds. The monoisotopic (exact) mass is 357 g/mol. The van der Waals surface area contributed by atoms with Crippen LogP contribution in [0.2, 0.25) is 0 Å². The van der Waals surface area contributed by atoms with Crippen molar-refractivity contribution in [2.24, 2.45) is 0 Å². The van der Waals surface area contributed by atoms with Crippen LogP contribution in [0, 0.1) is 0 Å². The molecule has 2 aromatic heterocycles. The van der Waals surface area contributed by atoms with Crippen molar-refractivity contribution in [2.45, 2.75) is 46.0 Å². The fourth-order valence-corrected chi connectivity index (χ4v) is 3.39. The molecule has 0 aromatic carbocycles. The molecule has 0 aliphatic carbocycles. The van der Waals surface area contributed by atoms with E-state index in [-0.39, 0.29) is 0 Å². The summed E-state index contributed by atoms with van der Waals surface area (Å²) in [6, 6.07) is 6.47. The molecule has 26 heavy (non-hydrogen) atoms. The maximum absolute atomic E-state index is 5.87. The molecule has 0 bridgehead atoms. The number of fused-ring (bicyclic) bond motifs is 1. The van der Waals surface area contributed by atoms with Crippen LogP contribution in [0.1, 0.15) is 42.5 Å². The van der Waals surface area contributed by atoms with E-state index in [0.29, 0.717) is 12.6 Å². The van der Waals surface area contributed by atoms with Gasteiger partial charge >= 0.3 is 0 Å². The van der Waals surface area contributed by atoms with Gasteiger partial charge in [-0.1, -0.05) is 6.07 Å². The molecular weight excluding hydrogens is 326 g/mol. The highest BCUT2D eigenvalue weighted by atomic mass is 16.5. The third-order valence-corrected chi connectivity index (χ3v) is 4.78. The largest absolute Gasteiger partial charge is 0.374 e. The molecule has 0 saturated carbocycles. The Balaban J connectivity index is 1.70. The highest BCUT2D eigenvalue weighted by Gasteiger charge is 2.26. The van der Waals surface area contributed by atoms with Crippen LogP contribution in [0.4, 0.5) is 0 Å². The van der Waals surface area contributed by atoms with E-state index in [1.54, 1.807) is 0 Å². The molecule has 6 heteroatoms. The minimum atomic E-state index is 0.356. The van der Waals surface area contributed by atoms with Gasteiger partial charge in [-0.05, 0) is 46.5 Å². The number of likely N-dealkylation sites (N-methyl/N-ethyl adjacent to an activating group) is 1. The summed E-state index contributed by atoms with van der Waals surface area (Å²) < 4.78 is 8.06. The molecule has 3 heterocycles. The Bertz CT molecular complexity index is 696. The number of hydrogen-bond acceptors (Lipinski definition) is 5. The first-order valence-corrected chi connectivity index (χ1v) is 9.48. The number of hydrogen-bond donors (Lipinski definition) is 0. The Labute approximate surface area is 156 Å². The maximum Gasteiger partial charge on any atom is 0.0917 e. The molecule has 0 N–H and O–H groups in total. The second-order valence-corrected chi connectivity index (χ2v) is 7.55. The van der Waals surface area contributed by atoms with E-state index in [0.717, 1.165) is 50.6 Å². The van der Waals surface area contributed by atoms with Crippen molar-refractivity contribution in [1.82, 2.24) is 24.6 Å². The first-order valence-electron chi connectivity index (χ1n) is 9.48. The van der Waals surface area contributed by atoms with E-state index in [2.05, 4.69) is 59.5 Å². The first kappa shape index (κ1) is 19.0. The van der Waals surface area contributed by atoms with E-state index < -0.39 is 0 Å². The van der Waals surface area contributed by atoms with Crippen LogP contribution in [-0.2, 0) is 30.9 Å². The summed E-state index contributed by atoms with van der Waals surface area (Å²) in [7, 11) is 4.13. The number of ether oxygens (including phenoxy) is 1. The van der Waals surface area contributed by atoms with Gasteiger partial charge in [-0.15, -0.1) is 0 Å². The van der Waals surface area contributed by atoms with Gasteiger partial charge in [0.15, 0.2) is 0 Å². The van der Waals surface area contributed by atoms with E-state index in [4.69, 9.17) is 9.84 Å². The second-order valence-electron chi connectivity index (χ2n) is 7.55. The Morgan fingerprint density at radius 1 is 1.27 bits per heavy atom. The Hall–Kier alpha value is -1.76. The zero-order valence-electron chi connectivity index (χ0n) is 16.5. The molecule has 3 rings (SSSR count). The zero-order chi connectivity index (χ0) is 18.5. The molecule has 0 radical (unpaired) electrons. The van der Waals surface area contributed by atoms with Crippen LogP contribution in [0.5, 0.6) is 0 Å². The van der Waals surface area contributed by atoms with Crippen LogP contribution in [0.25, 0.3) is 0 Å². The predicted molar refractivity (Wildman–Crippen MR) is 103 cm³/mol. The first-order chi connectivity index (χ1) is 12.5. The molecule has 0 spiro atoms. The summed E-state index contributed by atoms with van der Waals surface area (Å²) in [5.74, 6) is 0. The minimum absolute atomic E-state index is 0.356. The molecule has 6 nitrogen and oxygen atoms in total. The highest BCUT2D eigenvalue weighted by Crippen LogP contribution is 2.26. The number of aromatic nitrogens is 3. The quantitative estimate of drug-likeness (QED) is 0.679. The molecule has 2 aromatic rings. The zero-order valence-corrected chi connectivity index (χ0v) is 16.5. The van der Waals surface area contributed by atoms with E-state index in [9.17, 15) is 0 Å². The molecule has 0 saturated heterocycles. The molecular formula is C20H31N5O. The fraction of sp³-hybridized carbons (Fsp3) is 0.600. The van der Waals surface area contributed by atoms with Gasteiger partial charge in [-0.2, -0.15) is 5.10 Å². The summed E-state index contributed by atoms with van der Waals surface area (Å²) in [6.07, 6.45) is 2.90. The van der Waals surface area contributed by atoms with Crippen LogP contribution >= 0.6 is 0 Å². The average Bonchev–Trinajstić information content (AvgIpc) is 2.98. The van der Waals surface area contributed by atoms with Crippen molar-refractivity contribution in [3.8, 4) is 0 Å². The highest BCUT2D eigenvalue weighted by molar-refractivity contribution is 5.29. The molecule has 0 unspecified atom stereocenters. The number of nitrogens with zero attached hydrogens (tertiary/aromatic N) is 5. The van der Waals surface area contributed by atoms with Crippen molar-refractivity contribution < 1.29 is 4.74 Å². The van der Waals surface area contributed by atoms with Crippen LogP contribution in [0.3, 0.4) is 0 Å². The second kappa shape index (κ2) is 8.75. The van der Waals surface area contributed by atoms with Crippen molar-refractivity contribution >= 4 is 0 Å². The fourth-order valence-electron chi connectivity index (χ4n) is 3.39. The topological polar surface area (TPSA) is 46.4 Å². The maximum atomic E-state index is 5.87. The smallest absolute Gasteiger partial charge is 0.0917 e. The van der Waals surface area contributed by atoms with E-state index in [1.165, 1.54) is 11.3 Å². The predicted octanol–water partition coefficient (Wildman–Crippen LogP) is 2.50. The lowest BCUT2D eigenvalue weighted by atomic mass is 10.0. The lowest BCUT2D eigenvalue weighted by Gasteiger charge is -2.28. The van der Waals surface area contributed by atoms with Crippen molar-refractivity contribution in [2.75, 3.05) is 33.8 Å². The molecule has 0 fully saturated rings. The normalized spacial score (nSPS) is 15.0. The van der Waals surface area contributed by atoms with Gasteiger partial charge in [0.05, 0.1) is 30.3 Å². The SMILES string of the molecule is CC(C)n1nc(COCCN(C)C)c2c1CN(Cc1ccccn1)CC2. The van der Waals surface area contributed by atoms with Crippen LogP contribution in [0.15, 0.2) is 24.4 Å². The Morgan fingerprint density at radius 2 is 2.12 bits per heavy atom. The van der Waals surface area contributed by atoms with Gasteiger partial charge in [0, 0.05) is 44.0 Å². The Morgan fingerprint density at radius 3 is 2.81 bits per heavy atom. The lowest BCUT2D eigenvalue weighted by Crippen LogP contribution is -2.32. The van der Waals surface area contributed by atoms with Crippen LogP contribution in [-0.4, -0.2) is 58.4 Å². The summed E-state index contributed by atoms with van der Waals surface area (Å²) in [6.45, 7) is 9.53. The number of rotatable bonds is 8. The lowest BCUT2D eigenvalue weighted by molar-refractivity contribution is 0.102. The summed E-state index contributed by atoms with van der Waals surface area (Å²) in [4.78, 5) is 9.06. The third-order valence-electron chi connectivity index (χ3n) is 4.78. The van der Waals surface area contributed by atoms with E-state index >= 15 is 0 Å². The van der Waals surface area contributed by atoms with Gasteiger partial charge in [-0.3, -0.25) is 14.6 Å². The summed E-state index contributed by atoms with van der Waals surface area (Å²) in [5, 5.41) is 4.89. The van der Waals surface area contributed by atoms with Gasteiger partial charge < -0.3 is 9.64 Å². The summed E-state index contributed by atoms with van der Waals surface area (Å²) in [5.41, 5.74) is 4.97. The molecule has 142 valence electrons. The average molecular weight is 358 g/mol. The molecule has 1 aliphatic rings. The van der Waals surface area contributed by atoms with E-state index in [1.807, 2.05) is 12.3 Å². The van der Waals surface area contributed by atoms with Gasteiger partial charge in [0.25, 0.3) is 0 Å². The Kier molecular flexibility index (Phi) is 6.40. The van der Waals surface area contributed by atoms with Crippen LogP contribution < -0.4 is 0 Å².